The van der Waals surface area contributed by atoms with Crippen LogP contribution in [0.3, 0.4) is 0 Å². The van der Waals surface area contributed by atoms with E-state index in [1.54, 1.807) is 0 Å². The van der Waals surface area contributed by atoms with E-state index in [-0.39, 0.29) is 29.9 Å². The number of nitrogens with zero attached hydrogens (tertiary/aromatic N) is 2. The molecular weight excluding hydrogens is 248 g/mol. The minimum absolute atomic E-state index is 0.0220. The van der Waals surface area contributed by atoms with Crippen molar-refractivity contribution in [3.8, 4) is 0 Å². The molecule has 0 aliphatic rings. The van der Waals surface area contributed by atoms with Crippen LogP contribution < -0.4 is 11.1 Å². The van der Waals surface area contributed by atoms with Crippen molar-refractivity contribution < 1.29 is 14.6 Å². The van der Waals surface area contributed by atoms with Crippen LogP contribution in [0.2, 0.25) is 5.28 Å². The molecule has 0 aromatic carbocycles. The van der Waals surface area contributed by atoms with E-state index in [0.717, 1.165) is 0 Å². The average Bonchev–Trinajstić information content (AvgIpc) is 2.28. The number of amides is 1. The average molecular weight is 261 g/mol. The van der Waals surface area contributed by atoms with Gasteiger partial charge in [-0.1, -0.05) is 0 Å². The number of hydrogen-bond acceptors (Lipinski definition) is 6. The number of nitrogens with one attached hydrogen (secondary N) is 1. The summed E-state index contributed by atoms with van der Waals surface area (Å²) in [5, 5.41) is 11.4. The zero-order chi connectivity index (χ0) is 12.7. The minimum atomic E-state index is -0.638. The highest BCUT2D eigenvalue weighted by Gasteiger charge is 2.10. The lowest BCUT2D eigenvalue weighted by molar-refractivity contribution is 0.0988. The van der Waals surface area contributed by atoms with Crippen molar-refractivity contribution >= 4 is 23.3 Å². The number of rotatable bonds is 7. The third kappa shape index (κ3) is 4.51. The summed E-state index contributed by atoms with van der Waals surface area (Å²) in [6, 6.07) is 0. The second kappa shape index (κ2) is 7.00. The summed E-state index contributed by atoms with van der Waals surface area (Å²) in [6.45, 7) is 0.995. The summed E-state index contributed by atoms with van der Waals surface area (Å²) in [5.41, 5.74) is 5.31. The van der Waals surface area contributed by atoms with E-state index >= 15 is 0 Å². The number of carbonyl (C=O) groups excluding carboxylic acids is 1. The number of hydrogen-bond donors (Lipinski definition) is 3. The number of halogens is 1. The molecule has 0 spiro atoms. The highest BCUT2D eigenvalue weighted by Crippen LogP contribution is 2.12. The number of primary amides is 1. The molecule has 0 saturated carbocycles. The van der Waals surface area contributed by atoms with Crippen molar-refractivity contribution in [1.29, 1.82) is 0 Å². The number of aromatic nitrogens is 2. The van der Waals surface area contributed by atoms with Crippen LogP contribution in [0.4, 0.5) is 5.82 Å². The zero-order valence-corrected chi connectivity index (χ0v) is 9.78. The lowest BCUT2D eigenvalue weighted by atomic mass is 10.3. The van der Waals surface area contributed by atoms with Gasteiger partial charge < -0.3 is 20.9 Å². The third-order valence-corrected chi connectivity index (χ3v) is 1.98. The van der Waals surface area contributed by atoms with Crippen LogP contribution in [-0.2, 0) is 4.74 Å². The van der Waals surface area contributed by atoms with E-state index in [4.69, 9.17) is 27.2 Å². The predicted octanol–water partition coefficient (Wildman–Crippen LogP) is -0.350. The molecule has 1 aromatic rings. The Balaban J connectivity index is 2.56. The van der Waals surface area contributed by atoms with E-state index in [9.17, 15) is 4.79 Å². The lowest BCUT2D eigenvalue weighted by Crippen LogP contribution is -2.18. The van der Waals surface area contributed by atoms with Gasteiger partial charge >= 0.3 is 0 Å². The van der Waals surface area contributed by atoms with Crippen molar-refractivity contribution in [2.75, 3.05) is 31.7 Å². The fraction of sp³-hybridized carbons (Fsp3) is 0.444. The SMILES string of the molecule is NC(=O)c1cnc(Cl)nc1NCCOCCO. The van der Waals surface area contributed by atoms with Gasteiger partial charge in [-0.05, 0) is 11.6 Å². The van der Waals surface area contributed by atoms with Gasteiger partial charge in [-0.2, -0.15) is 4.98 Å². The molecule has 0 aliphatic heterocycles. The molecule has 0 bridgehead atoms. The van der Waals surface area contributed by atoms with Crippen molar-refractivity contribution in [2.45, 2.75) is 0 Å². The largest absolute Gasteiger partial charge is 0.394 e. The Morgan fingerprint density at radius 3 is 3.00 bits per heavy atom. The first kappa shape index (κ1) is 13.6. The second-order valence-corrected chi connectivity index (χ2v) is 3.37. The van der Waals surface area contributed by atoms with Crippen LogP contribution in [0.25, 0.3) is 0 Å². The van der Waals surface area contributed by atoms with Crippen LogP contribution >= 0.6 is 11.6 Å². The number of carbonyl (C=O) groups is 1. The molecule has 0 aliphatic carbocycles. The second-order valence-electron chi connectivity index (χ2n) is 3.03. The summed E-state index contributed by atoms with van der Waals surface area (Å²) >= 11 is 5.61. The first-order valence-corrected chi connectivity index (χ1v) is 5.27. The Hall–Kier alpha value is -1.44. The van der Waals surface area contributed by atoms with Crippen molar-refractivity contribution in [2.24, 2.45) is 5.73 Å². The van der Waals surface area contributed by atoms with Crippen LogP contribution in [-0.4, -0.2) is 47.3 Å². The molecule has 17 heavy (non-hydrogen) atoms. The molecule has 0 unspecified atom stereocenters. The van der Waals surface area contributed by atoms with E-state index in [1.807, 2.05) is 0 Å². The summed E-state index contributed by atoms with van der Waals surface area (Å²) in [4.78, 5) is 18.6. The van der Waals surface area contributed by atoms with Crippen molar-refractivity contribution in [3.05, 3.63) is 17.0 Å². The molecule has 0 saturated heterocycles. The maximum Gasteiger partial charge on any atom is 0.254 e. The standard InChI is InChI=1S/C9H13ClN4O3/c10-9-13-5-6(7(11)16)8(14-9)12-1-3-17-4-2-15/h5,15H,1-4H2,(H2,11,16)(H,12,13,14). The van der Waals surface area contributed by atoms with Crippen molar-refractivity contribution in [1.82, 2.24) is 9.97 Å². The molecule has 7 nitrogen and oxygen atoms in total. The Morgan fingerprint density at radius 2 is 2.35 bits per heavy atom. The first-order valence-electron chi connectivity index (χ1n) is 4.90. The van der Waals surface area contributed by atoms with Crippen LogP contribution in [0.15, 0.2) is 6.20 Å². The topological polar surface area (TPSA) is 110 Å². The number of aliphatic hydroxyl groups is 1. The van der Waals surface area contributed by atoms with Gasteiger partial charge in [0.15, 0.2) is 0 Å². The maximum absolute atomic E-state index is 11.1. The molecular formula is C9H13ClN4O3. The Morgan fingerprint density at radius 1 is 1.59 bits per heavy atom. The summed E-state index contributed by atoms with van der Waals surface area (Å²) in [7, 11) is 0. The minimum Gasteiger partial charge on any atom is -0.394 e. The number of anilines is 1. The smallest absolute Gasteiger partial charge is 0.254 e. The van der Waals surface area contributed by atoms with Gasteiger partial charge in [-0.3, -0.25) is 4.79 Å². The molecule has 1 aromatic heterocycles. The fourth-order valence-corrected chi connectivity index (χ4v) is 1.22. The highest BCUT2D eigenvalue weighted by molar-refractivity contribution is 6.28. The van der Waals surface area contributed by atoms with Gasteiger partial charge in [0.1, 0.15) is 5.82 Å². The van der Waals surface area contributed by atoms with Gasteiger partial charge in [0.05, 0.1) is 25.4 Å². The van der Waals surface area contributed by atoms with Crippen LogP contribution in [0.1, 0.15) is 10.4 Å². The molecule has 1 amide bonds. The van der Waals surface area contributed by atoms with E-state index in [0.29, 0.717) is 13.2 Å². The Kier molecular flexibility index (Phi) is 5.61. The highest BCUT2D eigenvalue weighted by atomic mass is 35.5. The molecule has 1 heterocycles. The molecule has 0 atom stereocenters. The zero-order valence-electron chi connectivity index (χ0n) is 9.02. The first-order chi connectivity index (χ1) is 8.15. The quantitative estimate of drug-likeness (QED) is 0.457. The lowest BCUT2D eigenvalue weighted by Gasteiger charge is -2.08. The van der Waals surface area contributed by atoms with Crippen molar-refractivity contribution in [3.63, 3.8) is 0 Å². The monoisotopic (exact) mass is 260 g/mol. The summed E-state index contributed by atoms with van der Waals surface area (Å²) in [6.07, 6.45) is 1.26. The molecule has 94 valence electrons. The molecule has 0 fully saturated rings. The molecule has 8 heteroatoms. The molecule has 4 N–H and O–H groups in total. The van der Waals surface area contributed by atoms with Crippen LogP contribution in [0, 0.1) is 0 Å². The Labute approximate surface area is 103 Å². The normalized spacial score (nSPS) is 10.2. The van der Waals surface area contributed by atoms with E-state index in [1.165, 1.54) is 6.20 Å². The van der Waals surface area contributed by atoms with Gasteiger partial charge in [-0.25, -0.2) is 4.98 Å². The summed E-state index contributed by atoms with van der Waals surface area (Å²) in [5.74, 6) is -0.370. The van der Waals surface area contributed by atoms with E-state index in [2.05, 4.69) is 15.3 Å². The van der Waals surface area contributed by atoms with Gasteiger partial charge in [-0.15, -0.1) is 0 Å². The maximum atomic E-state index is 11.1. The number of nitrogens with two attached hydrogens (primary N) is 1. The summed E-state index contributed by atoms with van der Waals surface area (Å²) < 4.78 is 5.03. The Bertz CT molecular complexity index is 389. The number of ether oxygens (including phenoxy) is 1. The molecule has 0 radical (unpaired) electrons. The number of aliphatic hydroxyl groups excluding tert-OH is 1. The van der Waals surface area contributed by atoms with E-state index < -0.39 is 5.91 Å². The van der Waals surface area contributed by atoms with Gasteiger partial charge in [0.25, 0.3) is 5.91 Å². The van der Waals surface area contributed by atoms with Gasteiger partial charge in [0.2, 0.25) is 5.28 Å². The third-order valence-electron chi connectivity index (χ3n) is 1.80. The molecule has 1 rings (SSSR count). The fourth-order valence-electron chi connectivity index (χ4n) is 1.08. The van der Waals surface area contributed by atoms with Gasteiger partial charge in [0, 0.05) is 12.7 Å². The van der Waals surface area contributed by atoms with Crippen LogP contribution in [0.5, 0.6) is 0 Å². The predicted molar refractivity (Wildman–Crippen MR) is 62.0 cm³/mol.